The summed E-state index contributed by atoms with van der Waals surface area (Å²) in [7, 11) is 0. The molecule has 0 saturated carbocycles. The number of halogens is 1. The molecule has 1 aromatic carbocycles. The van der Waals surface area contributed by atoms with Crippen molar-refractivity contribution in [2.24, 2.45) is 5.73 Å². The Morgan fingerprint density at radius 3 is 2.31 bits per heavy atom. The summed E-state index contributed by atoms with van der Waals surface area (Å²) in [6.07, 6.45) is 1.07. The zero-order valence-corrected chi connectivity index (χ0v) is 11.8. The summed E-state index contributed by atoms with van der Waals surface area (Å²) in [4.78, 5) is 0. The molecule has 0 aliphatic rings. The number of nitrogens with one attached hydrogen (secondary N) is 1. The standard InChI is InChI=1S/C13H21BrN2/c1-4-12(16-9-13(2,3)15)10-5-7-11(14)8-6-10/h5-8,12,16H,4,9,15H2,1-3H3. The summed E-state index contributed by atoms with van der Waals surface area (Å²) in [5.74, 6) is 0. The monoisotopic (exact) mass is 284 g/mol. The maximum Gasteiger partial charge on any atom is 0.0318 e. The van der Waals surface area contributed by atoms with Gasteiger partial charge in [0.1, 0.15) is 0 Å². The normalized spacial score (nSPS) is 13.8. The molecular weight excluding hydrogens is 264 g/mol. The summed E-state index contributed by atoms with van der Waals surface area (Å²) in [5.41, 5.74) is 7.12. The second kappa shape index (κ2) is 5.80. The van der Waals surface area contributed by atoms with Gasteiger partial charge in [-0.05, 0) is 38.0 Å². The van der Waals surface area contributed by atoms with Gasteiger partial charge in [0, 0.05) is 22.6 Å². The van der Waals surface area contributed by atoms with Crippen molar-refractivity contribution in [1.82, 2.24) is 5.32 Å². The average Bonchev–Trinajstić information content (AvgIpc) is 2.20. The predicted octanol–water partition coefficient (Wildman–Crippen LogP) is 3.23. The highest BCUT2D eigenvalue weighted by molar-refractivity contribution is 9.10. The summed E-state index contributed by atoms with van der Waals surface area (Å²) >= 11 is 3.45. The van der Waals surface area contributed by atoms with E-state index in [1.54, 1.807) is 0 Å². The molecule has 0 bridgehead atoms. The van der Waals surface area contributed by atoms with Gasteiger partial charge in [-0.1, -0.05) is 35.0 Å². The highest BCUT2D eigenvalue weighted by atomic mass is 79.9. The summed E-state index contributed by atoms with van der Waals surface area (Å²) in [6.45, 7) is 7.08. The molecule has 0 amide bonds. The van der Waals surface area contributed by atoms with Crippen LogP contribution in [0.1, 0.15) is 38.8 Å². The van der Waals surface area contributed by atoms with Gasteiger partial charge in [0.25, 0.3) is 0 Å². The van der Waals surface area contributed by atoms with Gasteiger partial charge in [0.2, 0.25) is 0 Å². The van der Waals surface area contributed by atoms with Crippen molar-refractivity contribution >= 4 is 15.9 Å². The minimum atomic E-state index is -0.164. The van der Waals surface area contributed by atoms with Crippen molar-refractivity contribution in [3.63, 3.8) is 0 Å². The van der Waals surface area contributed by atoms with Gasteiger partial charge in [0.15, 0.2) is 0 Å². The lowest BCUT2D eigenvalue weighted by atomic mass is 10.0. The quantitative estimate of drug-likeness (QED) is 0.871. The van der Waals surface area contributed by atoms with E-state index in [9.17, 15) is 0 Å². The number of hydrogen-bond donors (Lipinski definition) is 2. The van der Waals surface area contributed by atoms with Crippen LogP contribution in [0, 0.1) is 0 Å². The van der Waals surface area contributed by atoms with Gasteiger partial charge in [-0.2, -0.15) is 0 Å². The first kappa shape index (κ1) is 13.7. The molecule has 0 radical (unpaired) electrons. The molecular formula is C13H21BrN2. The van der Waals surface area contributed by atoms with Gasteiger partial charge in [-0.25, -0.2) is 0 Å². The smallest absolute Gasteiger partial charge is 0.0318 e. The zero-order chi connectivity index (χ0) is 12.2. The van der Waals surface area contributed by atoms with Crippen molar-refractivity contribution in [1.29, 1.82) is 0 Å². The van der Waals surface area contributed by atoms with E-state index in [1.165, 1.54) is 5.56 Å². The Hall–Kier alpha value is -0.380. The molecule has 1 unspecified atom stereocenters. The molecule has 0 spiro atoms. The topological polar surface area (TPSA) is 38.0 Å². The fourth-order valence-electron chi connectivity index (χ4n) is 1.58. The van der Waals surface area contributed by atoms with Crippen molar-refractivity contribution in [3.05, 3.63) is 34.3 Å². The third-order valence-electron chi connectivity index (χ3n) is 2.48. The molecule has 1 atom stereocenters. The fourth-order valence-corrected chi connectivity index (χ4v) is 1.84. The van der Waals surface area contributed by atoms with E-state index in [0.717, 1.165) is 17.4 Å². The lowest BCUT2D eigenvalue weighted by molar-refractivity contribution is 0.416. The second-order valence-electron chi connectivity index (χ2n) is 4.88. The van der Waals surface area contributed by atoms with Crippen LogP contribution >= 0.6 is 15.9 Å². The first-order chi connectivity index (χ1) is 7.42. The maximum atomic E-state index is 5.97. The van der Waals surface area contributed by atoms with E-state index in [2.05, 4.69) is 52.4 Å². The van der Waals surface area contributed by atoms with E-state index >= 15 is 0 Å². The molecule has 16 heavy (non-hydrogen) atoms. The Kier molecular flexibility index (Phi) is 4.96. The largest absolute Gasteiger partial charge is 0.324 e. The van der Waals surface area contributed by atoms with Crippen LogP contribution in [0.5, 0.6) is 0 Å². The first-order valence-corrected chi connectivity index (χ1v) is 6.49. The summed E-state index contributed by atoms with van der Waals surface area (Å²) < 4.78 is 1.12. The molecule has 0 aliphatic carbocycles. The molecule has 90 valence electrons. The Labute approximate surface area is 107 Å². The lowest BCUT2D eigenvalue weighted by Gasteiger charge is -2.24. The van der Waals surface area contributed by atoms with Crippen LogP contribution in [0.4, 0.5) is 0 Å². The lowest BCUT2D eigenvalue weighted by Crippen LogP contribution is -2.44. The second-order valence-corrected chi connectivity index (χ2v) is 5.80. The zero-order valence-electron chi connectivity index (χ0n) is 10.3. The van der Waals surface area contributed by atoms with Gasteiger partial charge in [0.05, 0.1) is 0 Å². The minimum Gasteiger partial charge on any atom is -0.324 e. The molecule has 1 aromatic rings. The van der Waals surface area contributed by atoms with E-state index in [0.29, 0.717) is 6.04 Å². The van der Waals surface area contributed by atoms with Crippen LogP contribution in [0.25, 0.3) is 0 Å². The average molecular weight is 285 g/mol. The van der Waals surface area contributed by atoms with Gasteiger partial charge in [-0.3, -0.25) is 0 Å². The van der Waals surface area contributed by atoms with Crippen molar-refractivity contribution < 1.29 is 0 Å². The number of rotatable bonds is 5. The molecule has 0 aromatic heterocycles. The van der Waals surface area contributed by atoms with Crippen LogP contribution in [0.2, 0.25) is 0 Å². The van der Waals surface area contributed by atoms with Crippen molar-refractivity contribution in [3.8, 4) is 0 Å². The van der Waals surface area contributed by atoms with Crippen LogP contribution in [0.15, 0.2) is 28.7 Å². The van der Waals surface area contributed by atoms with E-state index < -0.39 is 0 Å². The summed E-state index contributed by atoms with van der Waals surface area (Å²) in [5, 5.41) is 3.50. The van der Waals surface area contributed by atoms with Crippen LogP contribution < -0.4 is 11.1 Å². The third-order valence-corrected chi connectivity index (χ3v) is 3.01. The predicted molar refractivity (Wildman–Crippen MR) is 73.4 cm³/mol. The maximum absolute atomic E-state index is 5.97. The van der Waals surface area contributed by atoms with Crippen LogP contribution in [-0.4, -0.2) is 12.1 Å². The van der Waals surface area contributed by atoms with Crippen LogP contribution in [-0.2, 0) is 0 Å². The highest BCUT2D eigenvalue weighted by Gasteiger charge is 2.14. The van der Waals surface area contributed by atoms with Crippen LogP contribution in [0.3, 0.4) is 0 Å². The fraction of sp³-hybridized carbons (Fsp3) is 0.538. The van der Waals surface area contributed by atoms with E-state index in [1.807, 2.05) is 13.8 Å². The highest BCUT2D eigenvalue weighted by Crippen LogP contribution is 2.19. The molecule has 0 aliphatic heterocycles. The Balaban J connectivity index is 2.64. The molecule has 0 saturated heterocycles. The number of benzene rings is 1. The third kappa shape index (κ3) is 4.64. The Bertz CT molecular complexity index is 314. The molecule has 0 fully saturated rings. The van der Waals surface area contributed by atoms with Gasteiger partial charge < -0.3 is 11.1 Å². The SMILES string of the molecule is CCC(NCC(C)(C)N)c1ccc(Br)cc1. The Morgan fingerprint density at radius 2 is 1.88 bits per heavy atom. The minimum absolute atomic E-state index is 0.164. The summed E-state index contributed by atoms with van der Waals surface area (Å²) in [6, 6.07) is 8.83. The number of hydrogen-bond acceptors (Lipinski definition) is 2. The molecule has 2 nitrogen and oxygen atoms in total. The van der Waals surface area contributed by atoms with E-state index in [4.69, 9.17) is 5.73 Å². The van der Waals surface area contributed by atoms with E-state index in [-0.39, 0.29) is 5.54 Å². The van der Waals surface area contributed by atoms with Crippen molar-refractivity contribution in [2.45, 2.75) is 38.8 Å². The first-order valence-electron chi connectivity index (χ1n) is 5.70. The van der Waals surface area contributed by atoms with Gasteiger partial charge in [-0.15, -0.1) is 0 Å². The van der Waals surface area contributed by atoms with Crippen molar-refractivity contribution in [2.75, 3.05) is 6.54 Å². The Morgan fingerprint density at radius 1 is 1.31 bits per heavy atom. The molecule has 1 rings (SSSR count). The van der Waals surface area contributed by atoms with Gasteiger partial charge >= 0.3 is 0 Å². The molecule has 0 heterocycles. The molecule has 3 N–H and O–H groups in total. The number of nitrogens with two attached hydrogens (primary N) is 1. The molecule has 3 heteroatoms.